The maximum Gasteiger partial charge on any atom is 0.231 e. The standard InChI is InChI=1S/C15H12N4O2/c1-8-9(2)19-15-14(18-8)13(16-6-17-15)10-3-4-11-12(5-10)21-7-20-11/h3-6H,7H2,1-2H3. The minimum Gasteiger partial charge on any atom is -0.454 e. The van der Waals surface area contributed by atoms with E-state index < -0.39 is 0 Å². The molecular weight excluding hydrogens is 268 g/mol. The van der Waals surface area contributed by atoms with E-state index >= 15 is 0 Å². The summed E-state index contributed by atoms with van der Waals surface area (Å²) < 4.78 is 10.7. The summed E-state index contributed by atoms with van der Waals surface area (Å²) in [5.74, 6) is 1.46. The van der Waals surface area contributed by atoms with Crippen molar-refractivity contribution in [1.82, 2.24) is 19.9 Å². The SMILES string of the molecule is Cc1nc2ncnc(-c3ccc4c(c3)OCO4)c2nc1C. The molecule has 4 rings (SSSR count). The molecule has 0 fully saturated rings. The van der Waals surface area contributed by atoms with E-state index in [0.717, 1.165) is 34.1 Å². The highest BCUT2D eigenvalue weighted by Gasteiger charge is 2.16. The van der Waals surface area contributed by atoms with E-state index in [1.807, 2.05) is 32.0 Å². The molecule has 0 aliphatic carbocycles. The number of fused-ring (bicyclic) bond motifs is 2. The van der Waals surface area contributed by atoms with Gasteiger partial charge in [0.15, 0.2) is 17.1 Å². The van der Waals surface area contributed by atoms with Gasteiger partial charge in [0.25, 0.3) is 0 Å². The Balaban J connectivity index is 1.96. The second kappa shape index (κ2) is 4.37. The van der Waals surface area contributed by atoms with Gasteiger partial charge >= 0.3 is 0 Å². The lowest BCUT2D eigenvalue weighted by Crippen LogP contribution is -1.99. The van der Waals surface area contributed by atoms with E-state index in [1.54, 1.807) is 0 Å². The molecule has 1 aliphatic heterocycles. The summed E-state index contributed by atoms with van der Waals surface area (Å²) in [5, 5.41) is 0. The van der Waals surface area contributed by atoms with Crippen LogP contribution in [0.1, 0.15) is 11.4 Å². The van der Waals surface area contributed by atoms with Crippen molar-refractivity contribution in [1.29, 1.82) is 0 Å². The lowest BCUT2D eigenvalue weighted by molar-refractivity contribution is 0.174. The molecular formula is C15H12N4O2. The fourth-order valence-electron chi connectivity index (χ4n) is 2.30. The van der Waals surface area contributed by atoms with Crippen LogP contribution in [0.25, 0.3) is 22.4 Å². The fourth-order valence-corrected chi connectivity index (χ4v) is 2.30. The van der Waals surface area contributed by atoms with Gasteiger partial charge in [-0.1, -0.05) is 0 Å². The summed E-state index contributed by atoms with van der Waals surface area (Å²) in [6.45, 7) is 4.10. The summed E-state index contributed by atoms with van der Waals surface area (Å²) in [6.07, 6.45) is 1.51. The van der Waals surface area contributed by atoms with Gasteiger partial charge in [-0.05, 0) is 32.0 Å². The van der Waals surface area contributed by atoms with Gasteiger partial charge in [-0.2, -0.15) is 0 Å². The first-order valence-electron chi connectivity index (χ1n) is 6.58. The van der Waals surface area contributed by atoms with Gasteiger partial charge in [0.1, 0.15) is 17.5 Å². The third-order valence-electron chi connectivity index (χ3n) is 3.53. The first-order chi connectivity index (χ1) is 10.2. The monoisotopic (exact) mass is 280 g/mol. The van der Waals surface area contributed by atoms with E-state index in [-0.39, 0.29) is 6.79 Å². The molecule has 0 unspecified atom stereocenters. The second-order valence-electron chi connectivity index (χ2n) is 4.86. The summed E-state index contributed by atoms with van der Waals surface area (Å²) in [6, 6.07) is 5.72. The quantitative estimate of drug-likeness (QED) is 0.682. The van der Waals surface area contributed by atoms with Crippen LogP contribution in [-0.2, 0) is 0 Å². The zero-order valence-corrected chi connectivity index (χ0v) is 11.6. The van der Waals surface area contributed by atoms with E-state index in [0.29, 0.717) is 11.2 Å². The van der Waals surface area contributed by atoms with Crippen LogP contribution < -0.4 is 9.47 Å². The highest BCUT2D eigenvalue weighted by molar-refractivity contribution is 5.87. The minimum atomic E-state index is 0.251. The molecule has 0 N–H and O–H groups in total. The van der Waals surface area contributed by atoms with Crippen molar-refractivity contribution in [3.8, 4) is 22.8 Å². The van der Waals surface area contributed by atoms with E-state index in [1.165, 1.54) is 6.33 Å². The minimum absolute atomic E-state index is 0.251. The Kier molecular flexibility index (Phi) is 2.50. The molecule has 6 nitrogen and oxygen atoms in total. The van der Waals surface area contributed by atoms with Crippen LogP contribution in [0.15, 0.2) is 24.5 Å². The predicted octanol–water partition coefficient (Wildman–Crippen LogP) is 2.43. The topological polar surface area (TPSA) is 70.0 Å². The highest BCUT2D eigenvalue weighted by Crippen LogP contribution is 2.36. The van der Waals surface area contributed by atoms with Gasteiger partial charge in [-0.25, -0.2) is 19.9 Å². The number of benzene rings is 1. The van der Waals surface area contributed by atoms with Crippen molar-refractivity contribution < 1.29 is 9.47 Å². The van der Waals surface area contributed by atoms with Crippen LogP contribution in [-0.4, -0.2) is 26.7 Å². The molecule has 3 heterocycles. The van der Waals surface area contributed by atoms with Gasteiger partial charge in [-0.3, -0.25) is 0 Å². The van der Waals surface area contributed by atoms with Crippen LogP contribution in [0.5, 0.6) is 11.5 Å². The van der Waals surface area contributed by atoms with Crippen LogP contribution in [0.2, 0.25) is 0 Å². The number of aryl methyl sites for hydroxylation is 2. The van der Waals surface area contributed by atoms with Crippen molar-refractivity contribution >= 4 is 11.2 Å². The molecule has 0 saturated carbocycles. The first-order valence-corrected chi connectivity index (χ1v) is 6.58. The van der Waals surface area contributed by atoms with Crippen LogP contribution in [0.3, 0.4) is 0 Å². The Morgan fingerprint density at radius 2 is 1.76 bits per heavy atom. The van der Waals surface area contributed by atoms with Gasteiger partial charge in [-0.15, -0.1) is 0 Å². The molecule has 0 amide bonds. The van der Waals surface area contributed by atoms with E-state index in [2.05, 4.69) is 19.9 Å². The zero-order chi connectivity index (χ0) is 14.4. The van der Waals surface area contributed by atoms with Gasteiger partial charge in [0.05, 0.1) is 11.4 Å². The first kappa shape index (κ1) is 12.0. The Morgan fingerprint density at radius 1 is 0.952 bits per heavy atom. The average molecular weight is 280 g/mol. The molecule has 104 valence electrons. The maximum absolute atomic E-state index is 5.41. The number of nitrogens with zero attached hydrogens (tertiary/aromatic N) is 4. The molecule has 2 aromatic heterocycles. The Hall–Kier alpha value is -2.76. The molecule has 1 aliphatic rings. The molecule has 6 heteroatoms. The molecule has 1 aromatic carbocycles. The van der Waals surface area contributed by atoms with E-state index in [4.69, 9.17) is 9.47 Å². The van der Waals surface area contributed by atoms with Crippen molar-refractivity contribution in [2.75, 3.05) is 6.79 Å². The Labute approximate surface area is 120 Å². The Bertz CT molecular complexity index is 864. The highest BCUT2D eigenvalue weighted by atomic mass is 16.7. The van der Waals surface area contributed by atoms with Crippen molar-refractivity contribution in [2.24, 2.45) is 0 Å². The van der Waals surface area contributed by atoms with Gasteiger partial charge in [0.2, 0.25) is 6.79 Å². The summed E-state index contributed by atoms with van der Waals surface area (Å²) in [5.41, 5.74) is 4.69. The number of aromatic nitrogens is 4. The van der Waals surface area contributed by atoms with E-state index in [9.17, 15) is 0 Å². The second-order valence-corrected chi connectivity index (χ2v) is 4.86. The summed E-state index contributed by atoms with van der Waals surface area (Å²) in [7, 11) is 0. The smallest absolute Gasteiger partial charge is 0.231 e. The third kappa shape index (κ3) is 1.87. The molecule has 3 aromatic rings. The van der Waals surface area contributed by atoms with Crippen LogP contribution in [0.4, 0.5) is 0 Å². The van der Waals surface area contributed by atoms with Crippen molar-refractivity contribution in [3.05, 3.63) is 35.9 Å². The maximum atomic E-state index is 5.41. The summed E-state index contributed by atoms with van der Waals surface area (Å²) >= 11 is 0. The number of hydrogen-bond donors (Lipinski definition) is 0. The molecule has 0 atom stereocenters. The van der Waals surface area contributed by atoms with Crippen LogP contribution >= 0.6 is 0 Å². The number of rotatable bonds is 1. The van der Waals surface area contributed by atoms with Crippen LogP contribution in [0, 0.1) is 13.8 Å². The normalized spacial score (nSPS) is 12.9. The fraction of sp³-hybridized carbons (Fsp3) is 0.200. The van der Waals surface area contributed by atoms with Gasteiger partial charge < -0.3 is 9.47 Å². The lowest BCUT2D eigenvalue weighted by atomic mass is 10.1. The molecule has 0 radical (unpaired) electrons. The zero-order valence-electron chi connectivity index (χ0n) is 11.6. The largest absolute Gasteiger partial charge is 0.454 e. The van der Waals surface area contributed by atoms with Crippen molar-refractivity contribution in [2.45, 2.75) is 13.8 Å². The number of ether oxygens (including phenoxy) is 2. The average Bonchev–Trinajstić information content (AvgIpc) is 2.95. The van der Waals surface area contributed by atoms with Crippen molar-refractivity contribution in [3.63, 3.8) is 0 Å². The molecule has 21 heavy (non-hydrogen) atoms. The number of hydrogen-bond acceptors (Lipinski definition) is 6. The summed E-state index contributed by atoms with van der Waals surface area (Å²) in [4.78, 5) is 17.6. The molecule has 0 spiro atoms. The third-order valence-corrected chi connectivity index (χ3v) is 3.53. The molecule has 0 saturated heterocycles. The van der Waals surface area contributed by atoms with Gasteiger partial charge in [0, 0.05) is 5.56 Å². The predicted molar refractivity (Wildman–Crippen MR) is 76.2 cm³/mol. The Morgan fingerprint density at radius 3 is 2.67 bits per heavy atom. The lowest BCUT2D eigenvalue weighted by Gasteiger charge is -2.07. The molecule has 0 bridgehead atoms.